The number of carbonyl (C=O) groups is 1. The van der Waals surface area contributed by atoms with Crippen molar-refractivity contribution < 1.29 is 28.9 Å². The van der Waals surface area contributed by atoms with Gasteiger partial charge in [0.1, 0.15) is 0 Å². The number of hydrogen-bond donors (Lipinski definition) is 3. The maximum Gasteiger partial charge on any atom is 0.303 e. The summed E-state index contributed by atoms with van der Waals surface area (Å²) in [5, 5.41) is 30.5. The Hall–Kier alpha value is -1.83. The van der Waals surface area contributed by atoms with E-state index in [0.29, 0.717) is 25.7 Å². The standard InChI is InChI=1S/C23H28F2O4S/c24-23(25)14-19(27)16(17(23)8-3-1-2-4-10-22(28)29)11-12-18(26)21-13-15-7-5-6-9-20(15)30-21/h1,3,5-7,9,13,16-19,26-27H,2,4,8,10-12,14H2,(H,28,29)/t16-,17-,18?,19-/m1/s1. The smallest absolute Gasteiger partial charge is 0.303 e. The average Bonchev–Trinajstić information content (AvgIpc) is 3.20. The highest BCUT2D eigenvalue weighted by atomic mass is 32.1. The molecule has 1 unspecified atom stereocenters. The maximum atomic E-state index is 14.4. The highest BCUT2D eigenvalue weighted by Crippen LogP contribution is 2.49. The largest absolute Gasteiger partial charge is 0.481 e. The molecule has 3 rings (SSSR count). The fourth-order valence-electron chi connectivity index (χ4n) is 4.29. The molecule has 0 bridgehead atoms. The van der Waals surface area contributed by atoms with E-state index in [4.69, 9.17) is 5.11 Å². The number of allylic oxidation sites excluding steroid dienone is 2. The van der Waals surface area contributed by atoms with Crippen LogP contribution in [0.5, 0.6) is 0 Å². The van der Waals surface area contributed by atoms with Crippen molar-refractivity contribution in [2.24, 2.45) is 11.8 Å². The van der Waals surface area contributed by atoms with Crippen LogP contribution < -0.4 is 0 Å². The Morgan fingerprint density at radius 2 is 2.07 bits per heavy atom. The zero-order valence-corrected chi connectivity index (χ0v) is 17.5. The van der Waals surface area contributed by atoms with Crippen LogP contribution in [-0.4, -0.2) is 33.3 Å². The van der Waals surface area contributed by atoms with E-state index in [1.807, 2.05) is 30.3 Å². The van der Waals surface area contributed by atoms with Crippen molar-refractivity contribution in [3.8, 4) is 0 Å². The van der Waals surface area contributed by atoms with Gasteiger partial charge in [-0.25, -0.2) is 8.78 Å². The van der Waals surface area contributed by atoms with Gasteiger partial charge in [0.15, 0.2) is 0 Å². The molecule has 1 saturated carbocycles. The Kier molecular flexibility index (Phi) is 7.60. The molecule has 1 aliphatic carbocycles. The van der Waals surface area contributed by atoms with Crippen molar-refractivity contribution in [1.82, 2.24) is 0 Å². The third-order valence-electron chi connectivity index (χ3n) is 5.90. The molecule has 0 spiro atoms. The lowest BCUT2D eigenvalue weighted by Gasteiger charge is -2.24. The highest BCUT2D eigenvalue weighted by molar-refractivity contribution is 7.19. The number of aliphatic hydroxyl groups is 2. The van der Waals surface area contributed by atoms with Crippen LogP contribution in [-0.2, 0) is 4.79 Å². The van der Waals surface area contributed by atoms with E-state index in [2.05, 4.69) is 0 Å². The van der Waals surface area contributed by atoms with Gasteiger partial charge in [-0.2, -0.15) is 0 Å². The normalized spacial score (nSPS) is 24.6. The van der Waals surface area contributed by atoms with E-state index in [1.165, 1.54) is 11.3 Å². The lowest BCUT2D eigenvalue weighted by molar-refractivity contribution is -0.137. The van der Waals surface area contributed by atoms with Gasteiger partial charge < -0.3 is 15.3 Å². The van der Waals surface area contributed by atoms with Crippen LogP contribution in [0.15, 0.2) is 42.5 Å². The minimum Gasteiger partial charge on any atom is -0.481 e. The zero-order valence-electron chi connectivity index (χ0n) is 16.7. The molecule has 1 fully saturated rings. The molecule has 0 radical (unpaired) electrons. The molecule has 3 N–H and O–H groups in total. The summed E-state index contributed by atoms with van der Waals surface area (Å²) >= 11 is 1.50. The Balaban J connectivity index is 1.57. The van der Waals surface area contributed by atoms with Gasteiger partial charge in [0, 0.05) is 28.3 Å². The highest BCUT2D eigenvalue weighted by Gasteiger charge is 2.53. The van der Waals surface area contributed by atoms with Gasteiger partial charge in [-0.3, -0.25) is 4.79 Å². The molecule has 1 aliphatic rings. The number of aliphatic hydroxyl groups excluding tert-OH is 2. The third kappa shape index (κ3) is 5.65. The number of carboxylic acids is 1. The third-order valence-corrected chi connectivity index (χ3v) is 7.12. The Morgan fingerprint density at radius 3 is 2.80 bits per heavy atom. The van der Waals surface area contributed by atoms with E-state index in [0.717, 1.165) is 15.0 Å². The summed E-state index contributed by atoms with van der Waals surface area (Å²) in [6.07, 6.45) is 2.89. The van der Waals surface area contributed by atoms with Gasteiger partial charge in [-0.05, 0) is 55.5 Å². The topological polar surface area (TPSA) is 77.8 Å². The van der Waals surface area contributed by atoms with Crippen LogP contribution in [0.1, 0.15) is 55.9 Å². The van der Waals surface area contributed by atoms with Crippen LogP contribution in [0.3, 0.4) is 0 Å². The van der Waals surface area contributed by atoms with Crippen molar-refractivity contribution in [2.45, 2.75) is 63.1 Å². The summed E-state index contributed by atoms with van der Waals surface area (Å²) in [4.78, 5) is 11.3. The van der Waals surface area contributed by atoms with Gasteiger partial charge in [0.25, 0.3) is 5.92 Å². The number of aliphatic carboxylic acids is 1. The first-order chi connectivity index (χ1) is 14.3. The van der Waals surface area contributed by atoms with E-state index >= 15 is 0 Å². The number of thiophene rings is 1. The quantitative estimate of drug-likeness (QED) is 0.336. The molecule has 30 heavy (non-hydrogen) atoms. The van der Waals surface area contributed by atoms with Crippen LogP contribution in [0.25, 0.3) is 10.1 Å². The van der Waals surface area contributed by atoms with E-state index in [-0.39, 0.29) is 12.8 Å². The minimum atomic E-state index is -2.95. The van der Waals surface area contributed by atoms with E-state index < -0.39 is 42.4 Å². The van der Waals surface area contributed by atoms with Crippen LogP contribution >= 0.6 is 11.3 Å². The molecule has 1 heterocycles. The van der Waals surface area contributed by atoms with Crippen LogP contribution in [0, 0.1) is 11.8 Å². The molecule has 7 heteroatoms. The van der Waals surface area contributed by atoms with Crippen molar-refractivity contribution in [1.29, 1.82) is 0 Å². The fraction of sp³-hybridized carbons (Fsp3) is 0.522. The number of hydrogen-bond acceptors (Lipinski definition) is 4. The van der Waals surface area contributed by atoms with Gasteiger partial charge in [-0.1, -0.05) is 30.4 Å². The van der Waals surface area contributed by atoms with Crippen molar-refractivity contribution in [3.63, 3.8) is 0 Å². The summed E-state index contributed by atoms with van der Waals surface area (Å²) in [5.74, 6) is -5.37. The van der Waals surface area contributed by atoms with Gasteiger partial charge in [0.05, 0.1) is 12.2 Å². The van der Waals surface area contributed by atoms with Gasteiger partial charge in [-0.15, -0.1) is 11.3 Å². The van der Waals surface area contributed by atoms with Gasteiger partial charge >= 0.3 is 5.97 Å². The summed E-state index contributed by atoms with van der Waals surface area (Å²) in [7, 11) is 0. The second-order valence-electron chi connectivity index (χ2n) is 8.08. The average molecular weight is 439 g/mol. The van der Waals surface area contributed by atoms with Gasteiger partial charge in [0.2, 0.25) is 0 Å². The maximum absolute atomic E-state index is 14.4. The first-order valence-electron chi connectivity index (χ1n) is 10.4. The van der Waals surface area contributed by atoms with E-state index in [1.54, 1.807) is 12.2 Å². The summed E-state index contributed by atoms with van der Waals surface area (Å²) in [6, 6.07) is 9.76. The Labute approximate surface area is 178 Å². The zero-order chi connectivity index (χ0) is 21.7. The lowest BCUT2D eigenvalue weighted by atomic mass is 9.85. The number of rotatable bonds is 10. The lowest BCUT2D eigenvalue weighted by Crippen LogP contribution is -2.26. The molecule has 1 aromatic carbocycles. The summed E-state index contributed by atoms with van der Waals surface area (Å²) in [6.45, 7) is 0. The van der Waals surface area contributed by atoms with Crippen molar-refractivity contribution in [2.75, 3.05) is 0 Å². The predicted molar refractivity (Wildman–Crippen MR) is 114 cm³/mol. The minimum absolute atomic E-state index is 0.0564. The van der Waals surface area contributed by atoms with Crippen molar-refractivity contribution in [3.05, 3.63) is 47.4 Å². The molecular formula is C23H28F2O4S. The molecule has 0 amide bonds. The molecule has 2 aromatic rings. The summed E-state index contributed by atoms with van der Waals surface area (Å²) < 4.78 is 30.0. The number of alkyl halides is 2. The second-order valence-corrected chi connectivity index (χ2v) is 9.19. The Morgan fingerprint density at radius 1 is 1.30 bits per heavy atom. The van der Waals surface area contributed by atoms with Crippen LogP contribution in [0.2, 0.25) is 0 Å². The molecule has 4 atom stereocenters. The molecule has 0 saturated heterocycles. The van der Waals surface area contributed by atoms with Crippen LogP contribution in [0.4, 0.5) is 8.78 Å². The summed E-state index contributed by atoms with van der Waals surface area (Å²) in [5.41, 5.74) is 0. The number of benzene rings is 1. The second kappa shape index (κ2) is 9.98. The Bertz CT molecular complexity index is 846. The fourth-order valence-corrected chi connectivity index (χ4v) is 5.38. The molecule has 164 valence electrons. The molecule has 1 aromatic heterocycles. The molecule has 4 nitrogen and oxygen atoms in total. The predicted octanol–water partition coefficient (Wildman–Crippen LogP) is 5.55. The SMILES string of the molecule is O=C(O)CCCC=CC[C@@H]1[C@@H](CCC(O)c2cc3ccccc3s2)[C@H](O)CC1(F)F. The first-order valence-corrected chi connectivity index (χ1v) is 11.2. The number of unbranched alkanes of at least 4 members (excludes halogenated alkanes) is 1. The molecular weight excluding hydrogens is 410 g/mol. The molecule has 0 aliphatic heterocycles. The number of halogens is 2. The van der Waals surface area contributed by atoms with Crippen molar-refractivity contribution >= 4 is 27.4 Å². The first kappa shape index (κ1) is 22.8. The number of fused-ring (bicyclic) bond motifs is 1. The monoisotopic (exact) mass is 438 g/mol. The van der Waals surface area contributed by atoms with E-state index in [9.17, 15) is 23.8 Å². The number of carboxylic acid groups (broad SMARTS) is 1.